The second kappa shape index (κ2) is 13.8. The molecule has 0 aliphatic rings. The molecule has 13 heteroatoms. The summed E-state index contributed by atoms with van der Waals surface area (Å²) in [5.41, 5.74) is -0.675. The summed E-state index contributed by atoms with van der Waals surface area (Å²) >= 11 is 0. The number of nitrogens with zero attached hydrogens (tertiary/aromatic N) is 4. The van der Waals surface area contributed by atoms with Crippen LogP contribution < -0.4 is 19.9 Å². The largest absolute Gasteiger partial charge is 0.492 e. The van der Waals surface area contributed by atoms with Crippen LogP contribution in [0.4, 0.5) is 0 Å². The van der Waals surface area contributed by atoms with Gasteiger partial charge in [-0.2, -0.15) is 8.42 Å². The first kappa shape index (κ1) is 28.3. The van der Waals surface area contributed by atoms with Gasteiger partial charge in [0.25, 0.3) is 11.4 Å². The van der Waals surface area contributed by atoms with Crippen LogP contribution in [0.3, 0.4) is 0 Å². The highest BCUT2D eigenvalue weighted by Gasteiger charge is 2.17. The van der Waals surface area contributed by atoms with Gasteiger partial charge in [0, 0.05) is 24.7 Å². The van der Waals surface area contributed by atoms with Crippen molar-refractivity contribution in [1.29, 1.82) is 10.5 Å². The molecule has 0 amide bonds. The van der Waals surface area contributed by atoms with Gasteiger partial charge >= 0.3 is 10.4 Å². The van der Waals surface area contributed by atoms with Crippen molar-refractivity contribution in [2.75, 3.05) is 34.0 Å². The average Bonchev–Trinajstić information content (AvgIpc) is 2.82. The van der Waals surface area contributed by atoms with Gasteiger partial charge in [0.15, 0.2) is 0 Å². The van der Waals surface area contributed by atoms with Gasteiger partial charge < -0.3 is 18.9 Å². The molecule has 1 N–H and O–H groups in total. The molecule has 0 heterocycles. The second-order valence-corrected chi connectivity index (χ2v) is 7.54. The SMILES string of the molecule is [C-]#[N+]/C(C#N)=c1/cc(OCC(COS(=O)(=O)O)OC)/c(=C(\C#N)[N+]#[C-])cc1OCC(CC)OC. The third-order valence-corrected chi connectivity index (χ3v) is 4.84. The normalized spacial score (nSPS) is 14.4. The maximum atomic E-state index is 10.8. The molecule has 0 radical (unpaired) electrons. The lowest BCUT2D eigenvalue weighted by atomic mass is 10.1. The van der Waals surface area contributed by atoms with E-state index in [1.807, 2.05) is 6.92 Å². The van der Waals surface area contributed by atoms with Crippen LogP contribution >= 0.6 is 0 Å². The predicted molar refractivity (Wildman–Crippen MR) is 117 cm³/mol. The van der Waals surface area contributed by atoms with Crippen LogP contribution in [0.5, 0.6) is 11.5 Å². The molecule has 0 aliphatic carbocycles. The fraction of sp³-hybridized carbons (Fsp3) is 0.429. The Hall–Kier alpha value is -3.69. The van der Waals surface area contributed by atoms with E-state index in [0.29, 0.717) is 6.42 Å². The molecule has 0 fully saturated rings. The smallest absolute Gasteiger partial charge is 0.397 e. The minimum absolute atomic E-state index is 0.0227. The molecule has 0 spiro atoms. The van der Waals surface area contributed by atoms with Crippen molar-refractivity contribution < 1.29 is 36.1 Å². The van der Waals surface area contributed by atoms with Gasteiger partial charge in [0.05, 0.1) is 38.0 Å². The van der Waals surface area contributed by atoms with E-state index in [1.54, 1.807) is 12.1 Å². The number of ether oxygens (including phenoxy) is 4. The van der Waals surface area contributed by atoms with Gasteiger partial charge in [0.2, 0.25) is 0 Å². The van der Waals surface area contributed by atoms with Crippen molar-refractivity contribution in [3.63, 3.8) is 0 Å². The molecule has 0 saturated heterocycles. The Bertz CT molecular complexity index is 1230. The summed E-state index contributed by atoms with van der Waals surface area (Å²) in [5.74, 6) is 0.0128. The van der Waals surface area contributed by atoms with E-state index in [-0.39, 0.29) is 52.6 Å². The van der Waals surface area contributed by atoms with Gasteiger partial charge in [-0.15, -0.1) is 0 Å². The standard InChI is InChI=1S/C21H22N4O8S/c1-6-14(29-4)11-31-20-7-17(19(10-23)25-3)21(8-16(20)18(9-22)24-2)32-12-15(30-5)13-33-34(26,27)28/h7-8,14-15H,6,11-13H2,1,4-5H3,(H,26,27,28)/b18-16-,19-17+. The summed E-state index contributed by atoms with van der Waals surface area (Å²) in [4.78, 5) is 6.38. The quantitative estimate of drug-likeness (QED) is 0.328. The van der Waals surface area contributed by atoms with Crippen LogP contribution in [-0.2, 0) is 24.1 Å². The molecule has 1 aromatic rings. The van der Waals surface area contributed by atoms with Crippen molar-refractivity contribution >= 4 is 21.8 Å². The second-order valence-electron chi connectivity index (χ2n) is 6.45. The van der Waals surface area contributed by atoms with Gasteiger partial charge in [-0.05, 0) is 18.6 Å². The number of hydrogen-bond donors (Lipinski definition) is 1. The third-order valence-electron chi connectivity index (χ3n) is 4.40. The maximum absolute atomic E-state index is 10.8. The van der Waals surface area contributed by atoms with Gasteiger partial charge in [0.1, 0.15) is 30.8 Å². The molecule has 2 unspecified atom stereocenters. The Morgan fingerprint density at radius 3 is 1.74 bits per heavy atom. The van der Waals surface area contributed by atoms with Crippen molar-refractivity contribution in [2.45, 2.75) is 25.6 Å². The Morgan fingerprint density at radius 1 is 0.971 bits per heavy atom. The number of rotatable bonds is 12. The monoisotopic (exact) mass is 490 g/mol. The first-order valence-corrected chi connectivity index (χ1v) is 10.9. The molecule has 0 aromatic heterocycles. The van der Waals surface area contributed by atoms with E-state index in [1.165, 1.54) is 26.4 Å². The molecule has 0 aliphatic heterocycles. The molecule has 12 nitrogen and oxygen atoms in total. The number of benzene rings is 1. The first-order valence-electron chi connectivity index (χ1n) is 9.58. The maximum Gasteiger partial charge on any atom is 0.397 e. The van der Waals surface area contributed by atoms with Crippen LogP contribution in [0.1, 0.15) is 13.3 Å². The zero-order chi connectivity index (χ0) is 25.7. The molecule has 1 rings (SSSR count). The van der Waals surface area contributed by atoms with E-state index in [4.69, 9.17) is 36.6 Å². The fourth-order valence-corrected chi connectivity index (χ4v) is 2.85. The van der Waals surface area contributed by atoms with Crippen LogP contribution in [-0.4, -0.2) is 59.2 Å². The Labute approximate surface area is 197 Å². The molecule has 180 valence electrons. The summed E-state index contributed by atoms with van der Waals surface area (Å²) in [6.45, 7) is 15.7. The van der Waals surface area contributed by atoms with Gasteiger partial charge in [-0.1, -0.05) is 6.92 Å². The molecule has 0 saturated carbocycles. The lowest BCUT2D eigenvalue weighted by Crippen LogP contribution is -2.29. The average molecular weight is 490 g/mol. The number of hydrogen-bond acceptors (Lipinski definition) is 9. The minimum Gasteiger partial charge on any atom is -0.492 e. The van der Waals surface area contributed by atoms with Crippen molar-refractivity contribution in [3.8, 4) is 23.6 Å². The van der Waals surface area contributed by atoms with E-state index >= 15 is 0 Å². The Kier molecular flexibility index (Phi) is 11.5. The summed E-state index contributed by atoms with van der Waals surface area (Å²) in [6.07, 6.45) is -0.629. The summed E-state index contributed by atoms with van der Waals surface area (Å²) in [6, 6.07) is 6.09. The van der Waals surface area contributed by atoms with Crippen molar-refractivity contribution in [2.24, 2.45) is 0 Å². The minimum atomic E-state index is -4.71. The molecule has 34 heavy (non-hydrogen) atoms. The van der Waals surface area contributed by atoms with Crippen molar-refractivity contribution in [1.82, 2.24) is 0 Å². The number of nitriles is 2. The highest BCUT2D eigenvalue weighted by atomic mass is 32.3. The van der Waals surface area contributed by atoms with E-state index in [0.717, 1.165) is 0 Å². The lowest BCUT2D eigenvalue weighted by Gasteiger charge is -2.18. The zero-order valence-corrected chi connectivity index (χ0v) is 19.5. The zero-order valence-electron chi connectivity index (χ0n) is 18.6. The first-order chi connectivity index (χ1) is 16.2. The molecule has 0 bridgehead atoms. The number of methoxy groups -OCH3 is 2. The highest BCUT2D eigenvalue weighted by molar-refractivity contribution is 7.80. The molecular formula is C21H22N4O8S. The topological polar surface area (TPSA) is 157 Å². The lowest BCUT2D eigenvalue weighted by molar-refractivity contribution is 0.0222. The van der Waals surface area contributed by atoms with Crippen LogP contribution in [0.2, 0.25) is 0 Å². The fourth-order valence-electron chi connectivity index (χ4n) is 2.52. The van der Waals surface area contributed by atoms with Crippen molar-refractivity contribution in [3.05, 3.63) is 45.4 Å². The van der Waals surface area contributed by atoms with Gasteiger partial charge in [-0.25, -0.2) is 24.4 Å². The van der Waals surface area contributed by atoms with Crippen LogP contribution in [0.25, 0.3) is 21.1 Å². The van der Waals surface area contributed by atoms with E-state index in [9.17, 15) is 18.9 Å². The predicted octanol–water partition coefficient (Wildman–Crippen LogP) is 0.806. The van der Waals surface area contributed by atoms with E-state index < -0.39 is 23.1 Å². The van der Waals surface area contributed by atoms with E-state index in [2.05, 4.69) is 13.9 Å². The molecule has 2 atom stereocenters. The summed E-state index contributed by atoms with van der Waals surface area (Å²) < 4.78 is 56.3. The summed E-state index contributed by atoms with van der Waals surface area (Å²) in [7, 11) is -1.96. The molecular weight excluding hydrogens is 468 g/mol. The highest BCUT2D eigenvalue weighted by Crippen LogP contribution is 2.14. The Morgan fingerprint density at radius 2 is 1.41 bits per heavy atom. The van der Waals surface area contributed by atoms with Crippen LogP contribution in [0, 0.1) is 35.8 Å². The molecule has 1 aromatic carbocycles. The van der Waals surface area contributed by atoms with Crippen LogP contribution in [0.15, 0.2) is 12.1 Å². The van der Waals surface area contributed by atoms with Gasteiger partial charge in [-0.3, -0.25) is 4.55 Å². The summed E-state index contributed by atoms with van der Waals surface area (Å²) in [5, 5.41) is 18.9. The third kappa shape index (κ3) is 8.34. The Balaban J connectivity index is 3.62.